The molecule has 0 radical (unpaired) electrons. The van der Waals surface area contributed by atoms with E-state index in [2.05, 4.69) is 11.2 Å². The average Bonchev–Trinajstić information content (AvgIpc) is 2.18. The third-order valence-corrected chi connectivity index (χ3v) is 2.40. The Morgan fingerprint density at radius 3 is 2.71 bits per heavy atom. The van der Waals surface area contributed by atoms with E-state index in [1.165, 1.54) is 5.56 Å². The predicted molar refractivity (Wildman–Crippen MR) is 59.3 cm³/mol. The Kier molecular flexibility index (Phi) is 4.09. The Hall–Kier alpha value is -1.40. The maximum atomic E-state index is 11.2. The van der Waals surface area contributed by atoms with Gasteiger partial charge in [0.15, 0.2) is 0 Å². The van der Waals surface area contributed by atoms with Gasteiger partial charge in [-0.15, -0.1) is 6.42 Å². The van der Waals surface area contributed by atoms with Gasteiger partial charge in [0, 0.05) is 4.90 Å². The summed E-state index contributed by atoms with van der Waals surface area (Å²) in [5.41, 5.74) is 1.18. The Balaban J connectivity index is 2.49. The maximum absolute atomic E-state index is 11.2. The molecule has 0 aromatic heterocycles. The van der Waals surface area contributed by atoms with Gasteiger partial charge >= 0.3 is 0 Å². The monoisotopic (exact) mass is 205 g/mol. The number of nitrogens with one attached hydrogen (secondary N) is 1. The summed E-state index contributed by atoms with van der Waals surface area (Å²) in [5, 5.41) is 2.46. The van der Waals surface area contributed by atoms with E-state index in [4.69, 9.17) is 6.42 Å². The fourth-order valence-corrected chi connectivity index (χ4v) is 1.50. The molecule has 0 aliphatic heterocycles. The lowest BCUT2D eigenvalue weighted by Crippen LogP contribution is -2.18. The molecule has 1 N–H and O–H groups in total. The van der Waals surface area contributed by atoms with Gasteiger partial charge in [0.05, 0.1) is 6.54 Å². The van der Waals surface area contributed by atoms with Crippen molar-refractivity contribution >= 4 is 17.0 Å². The van der Waals surface area contributed by atoms with Gasteiger partial charge in [-0.05, 0) is 30.8 Å². The molecule has 0 heterocycles. The highest BCUT2D eigenvalue weighted by Crippen LogP contribution is 2.18. The standard InChI is InChI=1S/C11H11NOS/c1-3-8-12-11(13)14-10-6-4-9(2)5-7-10/h1,4-7H,8H2,2H3,(H,12,13). The van der Waals surface area contributed by atoms with Crippen LogP contribution in [-0.2, 0) is 0 Å². The lowest BCUT2D eigenvalue weighted by Gasteiger charge is -2.01. The van der Waals surface area contributed by atoms with Crippen LogP contribution in [0.3, 0.4) is 0 Å². The second-order valence-corrected chi connectivity index (χ2v) is 3.81. The first-order valence-electron chi connectivity index (χ1n) is 4.18. The number of hydrogen-bond acceptors (Lipinski definition) is 2. The molecule has 72 valence electrons. The molecule has 0 bridgehead atoms. The van der Waals surface area contributed by atoms with Gasteiger partial charge in [0.2, 0.25) is 0 Å². The van der Waals surface area contributed by atoms with Crippen LogP contribution >= 0.6 is 11.8 Å². The Morgan fingerprint density at radius 2 is 2.14 bits per heavy atom. The topological polar surface area (TPSA) is 29.1 Å². The molecule has 0 aliphatic rings. The van der Waals surface area contributed by atoms with Gasteiger partial charge in [0.25, 0.3) is 5.24 Å². The number of hydrogen-bond donors (Lipinski definition) is 1. The molecule has 1 rings (SSSR count). The summed E-state index contributed by atoms with van der Waals surface area (Å²) in [4.78, 5) is 12.1. The zero-order chi connectivity index (χ0) is 10.4. The molecule has 0 spiro atoms. The largest absolute Gasteiger partial charge is 0.336 e. The van der Waals surface area contributed by atoms with Crippen LogP contribution < -0.4 is 5.32 Å². The van der Waals surface area contributed by atoms with E-state index in [9.17, 15) is 4.79 Å². The minimum Gasteiger partial charge on any atom is -0.336 e. The molecule has 1 aromatic rings. The third-order valence-electron chi connectivity index (χ3n) is 1.57. The maximum Gasteiger partial charge on any atom is 0.284 e. The molecule has 0 unspecified atom stereocenters. The predicted octanol–water partition coefficient (Wildman–Crippen LogP) is 2.43. The summed E-state index contributed by atoms with van der Waals surface area (Å²) in [6, 6.07) is 7.76. The molecule has 3 heteroatoms. The summed E-state index contributed by atoms with van der Waals surface area (Å²) in [5.74, 6) is 2.35. The van der Waals surface area contributed by atoms with Gasteiger partial charge in [-0.3, -0.25) is 4.79 Å². The molecular weight excluding hydrogens is 194 g/mol. The number of benzene rings is 1. The molecule has 2 nitrogen and oxygen atoms in total. The van der Waals surface area contributed by atoms with Crippen LogP contribution in [0.4, 0.5) is 4.79 Å². The van der Waals surface area contributed by atoms with E-state index >= 15 is 0 Å². The van der Waals surface area contributed by atoms with Crippen LogP contribution in [-0.4, -0.2) is 11.8 Å². The Bertz CT molecular complexity index is 351. The van der Waals surface area contributed by atoms with Gasteiger partial charge in [-0.1, -0.05) is 23.6 Å². The van der Waals surface area contributed by atoms with Crippen molar-refractivity contribution in [3.8, 4) is 12.3 Å². The molecule has 0 aliphatic carbocycles. The van der Waals surface area contributed by atoms with Crippen molar-refractivity contribution in [2.75, 3.05) is 6.54 Å². The Morgan fingerprint density at radius 1 is 1.50 bits per heavy atom. The van der Waals surface area contributed by atoms with Crippen molar-refractivity contribution in [2.45, 2.75) is 11.8 Å². The van der Waals surface area contributed by atoms with Crippen molar-refractivity contribution in [1.29, 1.82) is 0 Å². The van der Waals surface area contributed by atoms with Crippen LogP contribution in [0.5, 0.6) is 0 Å². The number of thioether (sulfide) groups is 1. The van der Waals surface area contributed by atoms with Crippen LogP contribution in [0, 0.1) is 19.3 Å². The van der Waals surface area contributed by atoms with E-state index in [0.717, 1.165) is 16.7 Å². The SMILES string of the molecule is C#CCNC(=O)Sc1ccc(C)cc1. The highest BCUT2D eigenvalue weighted by Gasteiger charge is 2.01. The number of amides is 1. The van der Waals surface area contributed by atoms with Gasteiger partial charge in [-0.2, -0.15) is 0 Å². The molecular formula is C11H11NOS. The first-order chi connectivity index (χ1) is 6.72. The van der Waals surface area contributed by atoms with Crippen molar-refractivity contribution in [3.63, 3.8) is 0 Å². The van der Waals surface area contributed by atoms with Crippen molar-refractivity contribution < 1.29 is 4.79 Å². The average molecular weight is 205 g/mol. The first kappa shape index (κ1) is 10.7. The minimum atomic E-state index is -0.119. The lowest BCUT2D eigenvalue weighted by molar-refractivity contribution is 0.261. The minimum absolute atomic E-state index is 0.119. The second kappa shape index (κ2) is 5.36. The second-order valence-electron chi connectivity index (χ2n) is 2.76. The zero-order valence-corrected chi connectivity index (χ0v) is 8.73. The van der Waals surface area contributed by atoms with Crippen molar-refractivity contribution in [3.05, 3.63) is 29.8 Å². The van der Waals surface area contributed by atoms with E-state index in [-0.39, 0.29) is 11.8 Å². The molecule has 0 saturated heterocycles. The summed E-state index contributed by atoms with van der Waals surface area (Å²) in [7, 11) is 0. The van der Waals surface area contributed by atoms with Crippen LogP contribution in [0.1, 0.15) is 5.56 Å². The van der Waals surface area contributed by atoms with E-state index in [1.54, 1.807) is 0 Å². The fourth-order valence-electron chi connectivity index (χ4n) is 0.873. The first-order valence-corrected chi connectivity index (χ1v) is 5.00. The van der Waals surface area contributed by atoms with Crippen LogP contribution in [0.2, 0.25) is 0 Å². The molecule has 0 saturated carbocycles. The third kappa shape index (κ3) is 3.55. The molecule has 0 atom stereocenters. The highest BCUT2D eigenvalue weighted by molar-refractivity contribution is 8.13. The lowest BCUT2D eigenvalue weighted by atomic mass is 10.2. The smallest absolute Gasteiger partial charge is 0.284 e. The van der Waals surface area contributed by atoms with Gasteiger partial charge in [-0.25, -0.2) is 0 Å². The normalized spacial score (nSPS) is 9.14. The van der Waals surface area contributed by atoms with Crippen molar-refractivity contribution in [1.82, 2.24) is 5.32 Å². The number of rotatable bonds is 2. The number of terminal acetylenes is 1. The van der Waals surface area contributed by atoms with Gasteiger partial charge < -0.3 is 5.32 Å². The summed E-state index contributed by atoms with van der Waals surface area (Å²) in [6.45, 7) is 2.28. The quantitative estimate of drug-likeness (QED) is 0.593. The zero-order valence-electron chi connectivity index (χ0n) is 7.91. The molecule has 14 heavy (non-hydrogen) atoms. The van der Waals surface area contributed by atoms with Crippen LogP contribution in [0.25, 0.3) is 0 Å². The summed E-state index contributed by atoms with van der Waals surface area (Å²) < 4.78 is 0. The summed E-state index contributed by atoms with van der Waals surface area (Å²) >= 11 is 1.15. The Labute approximate surface area is 88.1 Å². The fraction of sp³-hybridized carbons (Fsp3) is 0.182. The van der Waals surface area contributed by atoms with Crippen LogP contribution in [0.15, 0.2) is 29.2 Å². The van der Waals surface area contributed by atoms with Crippen molar-refractivity contribution in [2.24, 2.45) is 0 Å². The van der Waals surface area contributed by atoms with E-state index < -0.39 is 0 Å². The van der Waals surface area contributed by atoms with Gasteiger partial charge in [0.1, 0.15) is 0 Å². The number of carbonyl (C=O) groups is 1. The summed E-state index contributed by atoms with van der Waals surface area (Å²) in [6.07, 6.45) is 5.02. The van der Waals surface area contributed by atoms with E-state index in [1.807, 2.05) is 31.2 Å². The highest BCUT2D eigenvalue weighted by atomic mass is 32.2. The molecule has 1 amide bonds. The molecule has 1 aromatic carbocycles. The number of carbonyl (C=O) groups excluding carboxylic acids is 1. The number of aryl methyl sites for hydroxylation is 1. The molecule has 0 fully saturated rings. The van der Waals surface area contributed by atoms with E-state index in [0.29, 0.717) is 0 Å².